The average molecular weight is 296 g/mol. The molecule has 21 heavy (non-hydrogen) atoms. The Morgan fingerprint density at radius 1 is 1.29 bits per heavy atom. The van der Waals surface area contributed by atoms with Crippen LogP contribution in [0.15, 0.2) is 0 Å². The molecule has 1 atom stereocenters. The standard InChI is InChI=1S/C17H32N2O2/c1-3-21-16-11-17(12-16,19-7-9-20-10-8-19)13-18-14(2)15-5-4-6-15/h14-16,18H,3-13H2,1-2H3. The summed E-state index contributed by atoms with van der Waals surface area (Å²) in [6, 6.07) is 0.669. The fraction of sp³-hybridized carbons (Fsp3) is 1.00. The Morgan fingerprint density at radius 2 is 2.00 bits per heavy atom. The first-order chi connectivity index (χ1) is 10.2. The third-order valence-electron chi connectivity index (χ3n) is 5.91. The van der Waals surface area contributed by atoms with Crippen LogP contribution in [0.3, 0.4) is 0 Å². The van der Waals surface area contributed by atoms with Crippen LogP contribution in [0, 0.1) is 5.92 Å². The molecule has 122 valence electrons. The lowest BCUT2D eigenvalue weighted by Gasteiger charge is -2.55. The summed E-state index contributed by atoms with van der Waals surface area (Å²) in [6.07, 6.45) is 7.10. The van der Waals surface area contributed by atoms with Gasteiger partial charge in [0.15, 0.2) is 0 Å². The molecule has 3 rings (SSSR count). The van der Waals surface area contributed by atoms with Crippen LogP contribution in [-0.2, 0) is 9.47 Å². The van der Waals surface area contributed by atoms with E-state index in [4.69, 9.17) is 9.47 Å². The molecular weight excluding hydrogens is 264 g/mol. The van der Waals surface area contributed by atoms with E-state index < -0.39 is 0 Å². The molecule has 0 bridgehead atoms. The highest BCUT2D eigenvalue weighted by Crippen LogP contribution is 2.40. The zero-order valence-electron chi connectivity index (χ0n) is 13.8. The Kier molecular flexibility index (Phi) is 5.20. The molecule has 1 saturated heterocycles. The van der Waals surface area contributed by atoms with Crippen molar-refractivity contribution in [3.05, 3.63) is 0 Å². The van der Waals surface area contributed by atoms with E-state index in [-0.39, 0.29) is 0 Å². The van der Waals surface area contributed by atoms with Gasteiger partial charge in [0.2, 0.25) is 0 Å². The second-order valence-corrected chi connectivity index (χ2v) is 7.17. The molecule has 1 unspecified atom stereocenters. The molecule has 4 nitrogen and oxygen atoms in total. The Morgan fingerprint density at radius 3 is 2.57 bits per heavy atom. The molecular formula is C17H32N2O2. The lowest BCUT2D eigenvalue weighted by Crippen LogP contribution is -2.67. The van der Waals surface area contributed by atoms with Crippen molar-refractivity contribution in [2.24, 2.45) is 5.92 Å². The van der Waals surface area contributed by atoms with Crippen LogP contribution >= 0.6 is 0 Å². The number of rotatable bonds is 7. The smallest absolute Gasteiger partial charge is 0.0611 e. The molecule has 3 fully saturated rings. The topological polar surface area (TPSA) is 33.7 Å². The number of hydrogen-bond donors (Lipinski definition) is 1. The van der Waals surface area contributed by atoms with E-state index in [1.165, 1.54) is 32.1 Å². The van der Waals surface area contributed by atoms with Gasteiger partial charge >= 0.3 is 0 Å². The SMILES string of the molecule is CCOC1CC(CNC(C)C2CCC2)(N2CCOCC2)C1. The van der Waals surface area contributed by atoms with Crippen molar-refractivity contribution in [2.45, 2.75) is 63.6 Å². The van der Waals surface area contributed by atoms with E-state index in [2.05, 4.69) is 24.1 Å². The largest absolute Gasteiger partial charge is 0.379 e. The summed E-state index contributed by atoms with van der Waals surface area (Å²) in [7, 11) is 0. The molecule has 0 aromatic heterocycles. The minimum absolute atomic E-state index is 0.321. The number of morpholine rings is 1. The van der Waals surface area contributed by atoms with Gasteiger partial charge in [0.05, 0.1) is 19.3 Å². The maximum Gasteiger partial charge on any atom is 0.0611 e. The Labute approximate surface area is 129 Å². The molecule has 1 heterocycles. The lowest BCUT2D eigenvalue weighted by atomic mass is 9.71. The molecule has 0 aromatic carbocycles. The van der Waals surface area contributed by atoms with Gasteiger partial charge in [0.25, 0.3) is 0 Å². The number of nitrogens with one attached hydrogen (secondary N) is 1. The Bertz CT molecular complexity index is 321. The van der Waals surface area contributed by atoms with Crippen LogP contribution in [0.2, 0.25) is 0 Å². The minimum atomic E-state index is 0.321. The molecule has 2 aliphatic carbocycles. The summed E-state index contributed by atoms with van der Waals surface area (Å²) in [5.74, 6) is 0.912. The quantitative estimate of drug-likeness (QED) is 0.779. The van der Waals surface area contributed by atoms with E-state index in [1.54, 1.807) is 0 Å². The van der Waals surface area contributed by atoms with Crippen LogP contribution in [0.5, 0.6) is 0 Å². The van der Waals surface area contributed by atoms with E-state index in [0.29, 0.717) is 17.7 Å². The third kappa shape index (κ3) is 3.44. The van der Waals surface area contributed by atoms with Crippen molar-refractivity contribution < 1.29 is 9.47 Å². The third-order valence-corrected chi connectivity index (χ3v) is 5.91. The van der Waals surface area contributed by atoms with Crippen LogP contribution in [0.1, 0.15) is 46.0 Å². The van der Waals surface area contributed by atoms with Crippen LogP contribution in [-0.4, -0.2) is 62.0 Å². The van der Waals surface area contributed by atoms with Crippen LogP contribution in [0.25, 0.3) is 0 Å². The zero-order chi connectivity index (χ0) is 14.7. The first kappa shape index (κ1) is 15.7. The van der Waals surface area contributed by atoms with Gasteiger partial charge in [-0.3, -0.25) is 4.90 Å². The molecule has 2 saturated carbocycles. The van der Waals surface area contributed by atoms with E-state index in [0.717, 1.165) is 45.4 Å². The molecule has 0 amide bonds. The van der Waals surface area contributed by atoms with Crippen molar-refractivity contribution in [3.8, 4) is 0 Å². The second-order valence-electron chi connectivity index (χ2n) is 7.17. The molecule has 3 aliphatic rings. The van der Waals surface area contributed by atoms with Gasteiger partial charge in [-0.1, -0.05) is 6.42 Å². The van der Waals surface area contributed by atoms with Crippen molar-refractivity contribution in [1.82, 2.24) is 10.2 Å². The highest BCUT2D eigenvalue weighted by molar-refractivity contribution is 5.06. The maximum atomic E-state index is 5.82. The van der Waals surface area contributed by atoms with Gasteiger partial charge in [-0.05, 0) is 45.4 Å². The van der Waals surface area contributed by atoms with Gasteiger partial charge < -0.3 is 14.8 Å². The predicted octanol–water partition coefficient (Wildman–Crippen LogP) is 2.03. The Balaban J connectivity index is 1.54. The van der Waals surface area contributed by atoms with Crippen molar-refractivity contribution in [1.29, 1.82) is 0 Å². The van der Waals surface area contributed by atoms with E-state index in [9.17, 15) is 0 Å². The van der Waals surface area contributed by atoms with Crippen LogP contribution < -0.4 is 5.32 Å². The molecule has 0 radical (unpaired) electrons. The van der Waals surface area contributed by atoms with Gasteiger partial charge in [-0.15, -0.1) is 0 Å². The number of hydrogen-bond acceptors (Lipinski definition) is 4. The first-order valence-electron chi connectivity index (χ1n) is 8.91. The summed E-state index contributed by atoms with van der Waals surface area (Å²) in [5.41, 5.74) is 0.321. The highest BCUT2D eigenvalue weighted by Gasteiger charge is 2.49. The predicted molar refractivity (Wildman–Crippen MR) is 84.6 cm³/mol. The molecule has 4 heteroatoms. The average Bonchev–Trinajstić information content (AvgIpc) is 2.40. The lowest BCUT2D eigenvalue weighted by molar-refractivity contribution is -0.126. The van der Waals surface area contributed by atoms with Crippen molar-refractivity contribution in [2.75, 3.05) is 39.5 Å². The normalized spacial score (nSPS) is 36.0. The molecule has 1 N–H and O–H groups in total. The first-order valence-corrected chi connectivity index (χ1v) is 8.91. The highest BCUT2D eigenvalue weighted by atomic mass is 16.5. The van der Waals surface area contributed by atoms with Crippen molar-refractivity contribution >= 4 is 0 Å². The van der Waals surface area contributed by atoms with Gasteiger partial charge in [0, 0.05) is 37.8 Å². The van der Waals surface area contributed by atoms with Crippen LogP contribution in [0.4, 0.5) is 0 Å². The monoisotopic (exact) mass is 296 g/mol. The number of ether oxygens (including phenoxy) is 2. The van der Waals surface area contributed by atoms with E-state index in [1.807, 2.05) is 0 Å². The molecule has 0 aromatic rings. The summed E-state index contributed by atoms with van der Waals surface area (Å²) >= 11 is 0. The zero-order valence-corrected chi connectivity index (χ0v) is 13.8. The fourth-order valence-corrected chi connectivity index (χ4v) is 4.15. The van der Waals surface area contributed by atoms with E-state index >= 15 is 0 Å². The van der Waals surface area contributed by atoms with Gasteiger partial charge in [-0.25, -0.2) is 0 Å². The second kappa shape index (κ2) is 6.95. The summed E-state index contributed by atoms with van der Waals surface area (Å²) in [6.45, 7) is 10.4. The Hall–Kier alpha value is -0.160. The minimum Gasteiger partial charge on any atom is -0.379 e. The fourth-order valence-electron chi connectivity index (χ4n) is 4.15. The maximum absolute atomic E-state index is 5.82. The van der Waals surface area contributed by atoms with Gasteiger partial charge in [0.1, 0.15) is 0 Å². The van der Waals surface area contributed by atoms with Gasteiger partial charge in [-0.2, -0.15) is 0 Å². The molecule has 0 spiro atoms. The number of nitrogens with zero attached hydrogens (tertiary/aromatic N) is 1. The molecule has 1 aliphatic heterocycles. The summed E-state index contributed by atoms with van der Waals surface area (Å²) in [4.78, 5) is 2.66. The van der Waals surface area contributed by atoms with Crippen molar-refractivity contribution in [3.63, 3.8) is 0 Å². The summed E-state index contributed by atoms with van der Waals surface area (Å²) in [5, 5.41) is 3.85. The summed E-state index contributed by atoms with van der Waals surface area (Å²) < 4.78 is 11.4.